The van der Waals surface area contributed by atoms with Crippen molar-refractivity contribution < 1.29 is 9.90 Å². The summed E-state index contributed by atoms with van der Waals surface area (Å²) in [5.74, 6) is 0.748. The number of benzene rings is 2. The molecule has 0 bridgehead atoms. The number of aliphatic hydroxyl groups is 1. The second-order valence-corrected chi connectivity index (χ2v) is 7.27. The van der Waals surface area contributed by atoms with Gasteiger partial charge in [-0.15, -0.1) is 0 Å². The van der Waals surface area contributed by atoms with Crippen LogP contribution < -0.4 is 5.32 Å². The Morgan fingerprint density at radius 2 is 1.93 bits per heavy atom. The van der Waals surface area contributed by atoms with E-state index in [0.29, 0.717) is 24.9 Å². The lowest BCUT2D eigenvalue weighted by atomic mass is 9.96. The number of amides is 1. The Bertz CT molecular complexity index is 1170. The zero-order chi connectivity index (χ0) is 20.9. The van der Waals surface area contributed by atoms with E-state index in [1.807, 2.05) is 55.5 Å². The normalized spacial score (nSPS) is 11.0. The van der Waals surface area contributed by atoms with Crippen LogP contribution in [-0.4, -0.2) is 32.5 Å². The number of imidazole rings is 1. The first-order valence-electron chi connectivity index (χ1n) is 9.99. The molecule has 0 unspecified atom stereocenters. The molecule has 0 fully saturated rings. The predicted octanol–water partition coefficient (Wildman–Crippen LogP) is 3.32. The molecule has 1 amide bonds. The van der Waals surface area contributed by atoms with Crippen molar-refractivity contribution in [3.8, 4) is 0 Å². The Morgan fingerprint density at radius 1 is 1.10 bits per heavy atom. The van der Waals surface area contributed by atoms with E-state index in [2.05, 4.69) is 15.3 Å². The summed E-state index contributed by atoms with van der Waals surface area (Å²) in [6.07, 6.45) is 4.71. The Labute approximate surface area is 175 Å². The van der Waals surface area contributed by atoms with Crippen molar-refractivity contribution in [3.05, 3.63) is 94.7 Å². The minimum Gasteiger partial charge on any atom is -0.392 e. The third-order valence-corrected chi connectivity index (χ3v) is 5.15. The topological polar surface area (TPSA) is 90.9 Å². The lowest BCUT2D eigenvalue weighted by molar-refractivity contribution is 0.0953. The van der Waals surface area contributed by atoms with Crippen molar-refractivity contribution in [2.24, 2.45) is 0 Å². The molecule has 4 aromatic rings. The van der Waals surface area contributed by atoms with Gasteiger partial charge >= 0.3 is 0 Å². The molecule has 0 spiro atoms. The minimum absolute atomic E-state index is 0.0298. The zero-order valence-corrected chi connectivity index (χ0v) is 16.9. The fourth-order valence-corrected chi connectivity index (χ4v) is 3.72. The number of fused-ring (bicyclic) bond motifs is 1. The van der Waals surface area contributed by atoms with Crippen LogP contribution in [0.5, 0.6) is 0 Å². The molecule has 30 heavy (non-hydrogen) atoms. The van der Waals surface area contributed by atoms with E-state index in [1.54, 1.807) is 12.4 Å². The number of aromatic amines is 1. The van der Waals surface area contributed by atoms with Gasteiger partial charge in [0.05, 0.1) is 12.1 Å². The smallest absolute Gasteiger partial charge is 0.251 e. The first-order chi connectivity index (χ1) is 14.7. The van der Waals surface area contributed by atoms with Crippen LogP contribution in [0.2, 0.25) is 0 Å². The van der Waals surface area contributed by atoms with Gasteiger partial charge in [-0.2, -0.15) is 0 Å². The van der Waals surface area contributed by atoms with Crippen LogP contribution in [0.15, 0.2) is 60.9 Å². The van der Waals surface area contributed by atoms with Crippen molar-refractivity contribution in [2.45, 2.75) is 26.4 Å². The standard InChI is InChI=1S/C24H24N4O2/c1-16-13-19(15-29)20-8-4-6-18(23(20)28-16)14-17-5-2-3-7-21(17)24(30)27-10-9-22-25-11-12-26-22/h2-8,11-13,29H,9-10,14-15H2,1H3,(H,25,26)(H,27,30). The number of rotatable bonds is 7. The second-order valence-electron chi connectivity index (χ2n) is 7.27. The summed E-state index contributed by atoms with van der Waals surface area (Å²) < 4.78 is 0. The lowest BCUT2D eigenvalue weighted by Gasteiger charge is -2.13. The fourth-order valence-electron chi connectivity index (χ4n) is 3.72. The molecule has 2 aromatic carbocycles. The first-order valence-corrected chi connectivity index (χ1v) is 9.99. The maximum absolute atomic E-state index is 12.8. The van der Waals surface area contributed by atoms with Gasteiger partial charge in [0, 0.05) is 48.4 Å². The van der Waals surface area contributed by atoms with E-state index in [-0.39, 0.29) is 12.5 Å². The second kappa shape index (κ2) is 8.88. The van der Waals surface area contributed by atoms with Crippen molar-refractivity contribution >= 4 is 16.8 Å². The summed E-state index contributed by atoms with van der Waals surface area (Å²) in [7, 11) is 0. The van der Waals surface area contributed by atoms with E-state index in [9.17, 15) is 9.90 Å². The number of carbonyl (C=O) groups excluding carboxylic acids is 1. The summed E-state index contributed by atoms with van der Waals surface area (Å²) >= 11 is 0. The molecular weight excluding hydrogens is 376 g/mol. The highest BCUT2D eigenvalue weighted by molar-refractivity contribution is 5.96. The van der Waals surface area contributed by atoms with Gasteiger partial charge in [-0.3, -0.25) is 9.78 Å². The number of nitrogens with one attached hydrogen (secondary N) is 2. The Balaban J connectivity index is 1.59. The highest BCUT2D eigenvalue weighted by Gasteiger charge is 2.14. The third-order valence-electron chi connectivity index (χ3n) is 5.15. The molecule has 2 aromatic heterocycles. The number of pyridine rings is 1. The quantitative estimate of drug-likeness (QED) is 0.444. The molecule has 4 rings (SSSR count). The summed E-state index contributed by atoms with van der Waals surface area (Å²) in [6.45, 7) is 2.41. The molecule has 0 saturated carbocycles. The van der Waals surface area contributed by atoms with Crippen LogP contribution in [0, 0.1) is 6.92 Å². The molecule has 152 valence electrons. The van der Waals surface area contributed by atoms with Gasteiger partial charge in [-0.1, -0.05) is 36.4 Å². The number of aryl methyl sites for hydroxylation is 1. The molecule has 6 heteroatoms. The van der Waals surface area contributed by atoms with Gasteiger partial charge in [-0.25, -0.2) is 4.98 Å². The van der Waals surface area contributed by atoms with Gasteiger partial charge in [0.2, 0.25) is 0 Å². The molecule has 0 atom stereocenters. The van der Waals surface area contributed by atoms with Crippen LogP contribution in [0.3, 0.4) is 0 Å². The van der Waals surface area contributed by atoms with Crippen molar-refractivity contribution in [2.75, 3.05) is 6.54 Å². The molecule has 0 saturated heterocycles. The monoisotopic (exact) mass is 400 g/mol. The zero-order valence-electron chi connectivity index (χ0n) is 16.9. The average Bonchev–Trinajstić information content (AvgIpc) is 3.27. The van der Waals surface area contributed by atoms with E-state index in [0.717, 1.165) is 39.1 Å². The van der Waals surface area contributed by atoms with Crippen LogP contribution in [0.25, 0.3) is 10.9 Å². The average molecular weight is 400 g/mol. The van der Waals surface area contributed by atoms with Crippen LogP contribution in [-0.2, 0) is 19.4 Å². The highest BCUT2D eigenvalue weighted by atomic mass is 16.3. The summed E-state index contributed by atoms with van der Waals surface area (Å²) in [6, 6.07) is 15.5. The number of aromatic nitrogens is 3. The van der Waals surface area contributed by atoms with E-state index >= 15 is 0 Å². The number of carbonyl (C=O) groups is 1. The molecule has 3 N–H and O–H groups in total. The number of hydrogen-bond acceptors (Lipinski definition) is 4. The Morgan fingerprint density at radius 3 is 2.73 bits per heavy atom. The molecule has 0 aliphatic carbocycles. The first kappa shape index (κ1) is 19.8. The maximum atomic E-state index is 12.8. The van der Waals surface area contributed by atoms with Crippen molar-refractivity contribution in [3.63, 3.8) is 0 Å². The lowest BCUT2D eigenvalue weighted by Crippen LogP contribution is -2.27. The van der Waals surface area contributed by atoms with Crippen LogP contribution >= 0.6 is 0 Å². The molecule has 6 nitrogen and oxygen atoms in total. The number of aliphatic hydroxyl groups excluding tert-OH is 1. The number of hydrogen-bond donors (Lipinski definition) is 3. The summed E-state index contributed by atoms with van der Waals surface area (Å²) in [5.41, 5.74) is 5.22. The number of para-hydroxylation sites is 1. The van der Waals surface area contributed by atoms with E-state index < -0.39 is 0 Å². The van der Waals surface area contributed by atoms with Gasteiger partial charge in [-0.05, 0) is 35.7 Å². The highest BCUT2D eigenvalue weighted by Crippen LogP contribution is 2.25. The van der Waals surface area contributed by atoms with Crippen molar-refractivity contribution in [1.82, 2.24) is 20.3 Å². The molecule has 0 aliphatic rings. The minimum atomic E-state index is -0.0995. The summed E-state index contributed by atoms with van der Waals surface area (Å²) in [5, 5.41) is 13.6. The van der Waals surface area contributed by atoms with Gasteiger partial charge in [0.1, 0.15) is 5.82 Å². The van der Waals surface area contributed by atoms with Crippen LogP contribution in [0.1, 0.15) is 38.6 Å². The molecule has 0 aliphatic heterocycles. The summed E-state index contributed by atoms with van der Waals surface area (Å²) in [4.78, 5) is 24.7. The fraction of sp³-hybridized carbons (Fsp3) is 0.208. The Kier molecular flexibility index (Phi) is 5.86. The van der Waals surface area contributed by atoms with Gasteiger partial charge in [0.15, 0.2) is 0 Å². The van der Waals surface area contributed by atoms with E-state index in [1.165, 1.54) is 0 Å². The molecular formula is C24H24N4O2. The number of H-pyrrole nitrogens is 1. The maximum Gasteiger partial charge on any atom is 0.251 e. The largest absolute Gasteiger partial charge is 0.392 e. The van der Waals surface area contributed by atoms with Crippen molar-refractivity contribution in [1.29, 1.82) is 0 Å². The molecule has 2 heterocycles. The van der Waals surface area contributed by atoms with Gasteiger partial charge < -0.3 is 15.4 Å². The SMILES string of the molecule is Cc1cc(CO)c2cccc(Cc3ccccc3C(=O)NCCc3ncc[nH]3)c2n1. The third kappa shape index (κ3) is 4.23. The predicted molar refractivity (Wildman–Crippen MR) is 116 cm³/mol. The molecule has 0 radical (unpaired) electrons. The number of nitrogens with zero attached hydrogens (tertiary/aromatic N) is 2. The van der Waals surface area contributed by atoms with Crippen LogP contribution in [0.4, 0.5) is 0 Å². The van der Waals surface area contributed by atoms with Gasteiger partial charge in [0.25, 0.3) is 5.91 Å². The Hall–Kier alpha value is -3.51. The van der Waals surface area contributed by atoms with E-state index in [4.69, 9.17) is 4.98 Å².